The molecule has 6 heteroatoms. The molecule has 0 saturated carbocycles. The second kappa shape index (κ2) is 5.87. The summed E-state index contributed by atoms with van der Waals surface area (Å²) in [5, 5.41) is 0. The lowest BCUT2D eigenvalue weighted by atomic mass is 10.1. The van der Waals surface area contributed by atoms with Crippen molar-refractivity contribution in [3.8, 4) is 0 Å². The fourth-order valence-electron chi connectivity index (χ4n) is 2.35. The molecule has 0 unspecified atom stereocenters. The third-order valence-electron chi connectivity index (χ3n) is 3.76. The standard InChI is InChI=1S/C15H17N5O/c1-19(15(21)7-12-3-2-4-16-8-12)13-10-20(11-13)14-9-17-5-6-18-14/h2-6,8-9,13H,7,10-11H2,1H3. The molecule has 2 aromatic rings. The van der Waals surface area contributed by atoms with Crippen molar-refractivity contribution in [1.29, 1.82) is 0 Å². The molecule has 2 aromatic heterocycles. The predicted octanol–water partition coefficient (Wildman–Crippen LogP) is 0.761. The van der Waals surface area contributed by atoms with Crippen LogP contribution < -0.4 is 4.90 Å². The maximum Gasteiger partial charge on any atom is 0.227 e. The first-order chi connectivity index (χ1) is 10.2. The lowest BCUT2D eigenvalue weighted by Crippen LogP contribution is -2.60. The van der Waals surface area contributed by atoms with Crippen molar-refractivity contribution >= 4 is 11.7 Å². The van der Waals surface area contributed by atoms with E-state index in [-0.39, 0.29) is 11.9 Å². The quantitative estimate of drug-likeness (QED) is 0.829. The SMILES string of the molecule is CN(C(=O)Cc1cccnc1)C1CN(c2cnccn2)C1. The Kier molecular flexibility index (Phi) is 3.77. The molecule has 0 bridgehead atoms. The number of nitrogens with zero attached hydrogens (tertiary/aromatic N) is 5. The molecule has 3 rings (SSSR count). The van der Waals surface area contributed by atoms with Crippen molar-refractivity contribution < 1.29 is 4.79 Å². The van der Waals surface area contributed by atoms with E-state index in [4.69, 9.17) is 0 Å². The molecule has 1 aliphatic heterocycles. The van der Waals surface area contributed by atoms with Crippen molar-refractivity contribution in [1.82, 2.24) is 19.9 Å². The predicted molar refractivity (Wildman–Crippen MR) is 78.7 cm³/mol. The van der Waals surface area contributed by atoms with Crippen LogP contribution in [0.1, 0.15) is 5.56 Å². The normalized spacial score (nSPS) is 14.6. The van der Waals surface area contributed by atoms with Gasteiger partial charge in [-0.25, -0.2) is 4.98 Å². The van der Waals surface area contributed by atoms with Gasteiger partial charge in [0.25, 0.3) is 0 Å². The smallest absolute Gasteiger partial charge is 0.227 e. The van der Waals surface area contributed by atoms with Crippen LogP contribution in [0.4, 0.5) is 5.82 Å². The number of carbonyl (C=O) groups is 1. The highest BCUT2D eigenvalue weighted by Gasteiger charge is 2.33. The average Bonchev–Trinajstić information content (AvgIpc) is 2.48. The molecule has 0 radical (unpaired) electrons. The van der Waals surface area contributed by atoms with Crippen LogP contribution in [0.15, 0.2) is 43.1 Å². The molecule has 1 aliphatic rings. The summed E-state index contributed by atoms with van der Waals surface area (Å²) in [7, 11) is 1.86. The minimum absolute atomic E-state index is 0.117. The Morgan fingerprint density at radius 1 is 1.29 bits per heavy atom. The maximum absolute atomic E-state index is 12.2. The molecule has 21 heavy (non-hydrogen) atoms. The van der Waals surface area contributed by atoms with E-state index in [9.17, 15) is 4.79 Å². The largest absolute Gasteiger partial charge is 0.351 e. The summed E-state index contributed by atoms with van der Waals surface area (Å²) in [5.41, 5.74) is 0.944. The molecule has 0 N–H and O–H groups in total. The van der Waals surface area contributed by atoms with Crippen molar-refractivity contribution in [3.63, 3.8) is 0 Å². The molecule has 108 valence electrons. The van der Waals surface area contributed by atoms with Gasteiger partial charge in [0.05, 0.1) is 18.7 Å². The first-order valence-electron chi connectivity index (χ1n) is 6.89. The molecular weight excluding hydrogens is 266 g/mol. The van der Waals surface area contributed by atoms with Crippen LogP contribution in [0.25, 0.3) is 0 Å². The molecule has 0 aliphatic carbocycles. The Balaban J connectivity index is 1.53. The highest BCUT2D eigenvalue weighted by molar-refractivity contribution is 5.79. The van der Waals surface area contributed by atoms with Crippen LogP contribution in [0.3, 0.4) is 0 Å². The third kappa shape index (κ3) is 2.99. The fraction of sp³-hybridized carbons (Fsp3) is 0.333. The van der Waals surface area contributed by atoms with E-state index in [1.54, 1.807) is 31.0 Å². The molecule has 1 amide bonds. The van der Waals surface area contributed by atoms with Gasteiger partial charge in [-0.1, -0.05) is 6.07 Å². The Labute approximate surface area is 123 Å². The zero-order valence-corrected chi connectivity index (χ0v) is 11.9. The van der Waals surface area contributed by atoms with E-state index in [2.05, 4.69) is 19.9 Å². The second-order valence-electron chi connectivity index (χ2n) is 5.17. The van der Waals surface area contributed by atoms with Crippen molar-refractivity contribution in [2.24, 2.45) is 0 Å². The zero-order chi connectivity index (χ0) is 14.7. The van der Waals surface area contributed by atoms with Crippen molar-refractivity contribution in [2.45, 2.75) is 12.5 Å². The average molecular weight is 283 g/mol. The topological polar surface area (TPSA) is 62.2 Å². The van der Waals surface area contributed by atoms with Gasteiger partial charge < -0.3 is 9.80 Å². The van der Waals surface area contributed by atoms with E-state index in [0.717, 1.165) is 24.5 Å². The number of carbonyl (C=O) groups excluding carboxylic acids is 1. The number of hydrogen-bond donors (Lipinski definition) is 0. The van der Waals surface area contributed by atoms with Crippen LogP contribution in [0.5, 0.6) is 0 Å². The molecule has 0 spiro atoms. The summed E-state index contributed by atoms with van der Waals surface area (Å²) in [5.74, 6) is 0.980. The molecule has 6 nitrogen and oxygen atoms in total. The van der Waals surface area contributed by atoms with E-state index in [1.165, 1.54) is 0 Å². The number of anilines is 1. The number of rotatable bonds is 4. The summed E-state index contributed by atoms with van der Waals surface area (Å²) in [4.78, 5) is 28.5. The van der Waals surface area contributed by atoms with Gasteiger partial charge in [0.2, 0.25) is 5.91 Å². The minimum atomic E-state index is 0.117. The monoisotopic (exact) mass is 283 g/mol. The third-order valence-corrected chi connectivity index (χ3v) is 3.76. The lowest BCUT2D eigenvalue weighted by Gasteiger charge is -2.44. The van der Waals surface area contributed by atoms with Gasteiger partial charge in [0.1, 0.15) is 5.82 Å². The van der Waals surface area contributed by atoms with E-state index >= 15 is 0 Å². The van der Waals surface area contributed by atoms with Gasteiger partial charge in [-0.2, -0.15) is 0 Å². The highest BCUT2D eigenvalue weighted by Crippen LogP contribution is 2.20. The van der Waals surface area contributed by atoms with Gasteiger partial charge >= 0.3 is 0 Å². The second-order valence-corrected chi connectivity index (χ2v) is 5.17. The van der Waals surface area contributed by atoms with Gasteiger partial charge in [-0.05, 0) is 11.6 Å². The van der Waals surface area contributed by atoms with Crippen molar-refractivity contribution in [2.75, 3.05) is 25.0 Å². The zero-order valence-electron chi connectivity index (χ0n) is 11.9. The molecule has 0 atom stereocenters. The summed E-state index contributed by atoms with van der Waals surface area (Å²) in [6.07, 6.45) is 8.92. The van der Waals surface area contributed by atoms with Crippen molar-refractivity contribution in [3.05, 3.63) is 48.7 Å². The Morgan fingerprint density at radius 2 is 2.10 bits per heavy atom. The maximum atomic E-state index is 12.2. The number of aromatic nitrogens is 3. The first kappa shape index (κ1) is 13.5. The number of likely N-dealkylation sites (N-methyl/N-ethyl adjacent to an activating group) is 1. The first-order valence-corrected chi connectivity index (χ1v) is 6.89. The van der Waals surface area contributed by atoms with Crippen LogP contribution >= 0.6 is 0 Å². The molecular formula is C15H17N5O. The number of pyridine rings is 1. The van der Waals surface area contributed by atoms with E-state index in [1.807, 2.05) is 24.1 Å². The van der Waals surface area contributed by atoms with Crippen LogP contribution in [-0.2, 0) is 11.2 Å². The van der Waals surface area contributed by atoms with Gasteiger partial charge in [0.15, 0.2) is 0 Å². The van der Waals surface area contributed by atoms with Gasteiger partial charge in [-0.15, -0.1) is 0 Å². The summed E-state index contributed by atoms with van der Waals surface area (Å²) in [6, 6.07) is 4.00. The number of amides is 1. The molecule has 1 saturated heterocycles. The lowest BCUT2D eigenvalue weighted by molar-refractivity contribution is -0.131. The highest BCUT2D eigenvalue weighted by atomic mass is 16.2. The van der Waals surface area contributed by atoms with E-state index < -0.39 is 0 Å². The van der Waals surface area contributed by atoms with Crippen LogP contribution in [-0.4, -0.2) is 51.9 Å². The van der Waals surface area contributed by atoms with Crippen LogP contribution in [0, 0.1) is 0 Å². The Morgan fingerprint density at radius 3 is 2.76 bits per heavy atom. The summed E-state index contributed by atoms with van der Waals surface area (Å²) < 4.78 is 0. The van der Waals surface area contributed by atoms with Crippen LogP contribution in [0.2, 0.25) is 0 Å². The minimum Gasteiger partial charge on any atom is -0.351 e. The Bertz CT molecular complexity index is 598. The summed E-state index contributed by atoms with van der Waals surface area (Å²) in [6.45, 7) is 1.60. The Hall–Kier alpha value is -2.50. The fourth-order valence-corrected chi connectivity index (χ4v) is 2.35. The van der Waals surface area contributed by atoms with E-state index in [0.29, 0.717) is 6.42 Å². The number of hydrogen-bond acceptors (Lipinski definition) is 5. The summed E-state index contributed by atoms with van der Waals surface area (Å²) >= 11 is 0. The van der Waals surface area contributed by atoms with Gasteiger partial charge in [-0.3, -0.25) is 14.8 Å². The molecule has 1 fully saturated rings. The molecule has 0 aromatic carbocycles. The molecule has 3 heterocycles. The van der Waals surface area contributed by atoms with Gasteiger partial charge in [0, 0.05) is 44.9 Å².